The first-order chi connectivity index (χ1) is 14.0. The van der Waals surface area contributed by atoms with Crippen molar-refractivity contribution in [2.24, 2.45) is 4.99 Å². The topological polar surface area (TPSA) is 87.6 Å². The number of aliphatic imine (C=N–C) groups is 1. The summed E-state index contributed by atoms with van der Waals surface area (Å²) < 4.78 is 19.1. The summed E-state index contributed by atoms with van der Waals surface area (Å²) in [5, 5.41) is 9.21. The zero-order valence-electron chi connectivity index (χ0n) is 17.4. The molecule has 3 N–H and O–H groups in total. The number of nitrogens with one attached hydrogen (secondary N) is 3. The molecule has 30 heavy (non-hydrogen) atoms. The Hall–Kier alpha value is -1.95. The first-order valence-electron chi connectivity index (χ1n) is 9.66. The average molecular weight is 549 g/mol. The number of aromatic nitrogens is 1. The number of thiazole rings is 1. The number of nitrogens with zero attached hydrogens (tertiary/aromatic N) is 2. The van der Waals surface area contributed by atoms with E-state index in [0.29, 0.717) is 42.8 Å². The van der Waals surface area contributed by atoms with Gasteiger partial charge in [0, 0.05) is 25.7 Å². The van der Waals surface area contributed by atoms with E-state index in [2.05, 4.69) is 25.9 Å². The Morgan fingerprint density at radius 3 is 2.67 bits per heavy atom. The van der Waals surface area contributed by atoms with Gasteiger partial charge in [-0.15, -0.1) is 35.3 Å². The maximum atomic E-state index is 13.3. The molecule has 1 heterocycles. The van der Waals surface area contributed by atoms with Crippen molar-refractivity contribution in [2.45, 2.75) is 33.3 Å². The molecule has 0 fully saturated rings. The number of benzene rings is 1. The van der Waals surface area contributed by atoms with Crippen molar-refractivity contribution < 1.29 is 13.9 Å². The average Bonchev–Trinajstić information content (AvgIpc) is 3.14. The molecule has 0 saturated heterocycles. The summed E-state index contributed by atoms with van der Waals surface area (Å²) in [4.78, 5) is 21.3. The number of ether oxygens (including phenoxy) is 1. The Morgan fingerprint density at radius 2 is 2.03 bits per heavy atom. The molecular formula is C20H29FIN5O2S. The standard InChI is InChI=1S/C20H28FN5O2S.HI/c1-4-16(28-17-8-6-7-15(21)11-17)12-25-20(22-5-2)24-10-9-23-19(27)18-14(3)26-13-29-18;/h6-8,11,13,16H,4-5,9-10,12H2,1-3H3,(H,23,27)(H2,22,24,25);1H. The highest BCUT2D eigenvalue weighted by atomic mass is 127. The van der Waals surface area contributed by atoms with Crippen molar-refractivity contribution in [3.8, 4) is 5.75 Å². The summed E-state index contributed by atoms with van der Waals surface area (Å²) >= 11 is 1.33. The van der Waals surface area contributed by atoms with Gasteiger partial charge in [-0.05, 0) is 32.4 Å². The number of rotatable bonds is 10. The molecule has 166 valence electrons. The van der Waals surface area contributed by atoms with Gasteiger partial charge >= 0.3 is 0 Å². The van der Waals surface area contributed by atoms with Crippen LogP contribution < -0.4 is 20.7 Å². The fourth-order valence-electron chi connectivity index (χ4n) is 2.47. The van der Waals surface area contributed by atoms with Crippen molar-refractivity contribution in [3.05, 3.63) is 46.2 Å². The first-order valence-corrected chi connectivity index (χ1v) is 10.5. The van der Waals surface area contributed by atoms with Gasteiger partial charge in [-0.2, -0.15) is 0 Å². The predicted octanol–water partition coefficient (Wildman–Crippen LogP) is 3.35. The zero-order chi connectivity index (χ0) is 21.1. The van der Waals surface area contributed by atoms with E-state index in [0.717, 1.165) is 12.1 Å². The summed E-state index contributed by atoms with van der Waals surface area (Å²) in [7, 11) is 0. The Morgan fingerprint density at radius 1 is 1.27 bits per heavy atom. The van der Waals surface area contributed by atoms with Gasteiger partial charge < -0.3 is 20.7 Å². The molecule has 1 unspecified atom stereocenters. The third-order valence-electron chi connectivity index (χ3n) is 4.01. The quantitative estimate of drug-likeness (QED) is 0.183. The van der Waals surface area contributed by atoms with Gasteiger partial charge in [-0.3, -0.25) is 4.79 Å². The predicted molar refractivity (Wildman–Crippen MR) is 130 cm³/mol. The Labute approximate surface area is 197 Å². The van der Waals surface area contributed by atoms with Crippen LogP contribution in [-0.2, 0) is 0 Å². The van der Waals surface area contributed by atoms with Crippen molar-refractivity contribution in [2.75, 3.05) is 26.2 Å². The SMILES string of the molecule is CCNC(=NCC(CC)Oc1cccc(F)c1)NCCNC(=O)c1scnc1C.I. The van der Waals surface area contributed by atoms with E-state index in [4.69, 9.17) is 4.74 Å². The third-order valence-corrected chi connectivity index (χ3v) is 4.93. The fourth-order valence-corrected chi connectivity index (χ4v) is 3.19. The van der Waals surface area contributed by atoms with Gasteiger partial charge in [-0.25, -0.2) is 14.4 Å². The van der Waals surface area contributed by atoms with E-state index in [9.17, 15) is 9.18 Å². The van der Waals surface area contributed by atoms with E-state index in [1.54, 1.807) is 17.6 Å². The minimum Gasteiger partial charge on any atom is -0.488 e. The summed E-state index contributed by atoms with van der Waals surface area (Å²) in [6.45, 7) is 7.90. The van der Waals surface area contributed by atoms with E-state index in [1.165, 1.54) is 23.5 Å². The third kappa shape index (κ3) is 8.82. The first kappa shape index (κ1) is 26.1. The normalized spacial score (nSPS) is 11.9. The molecule has 0 saturated carbocycles. The van der Waals surface area contributed by atoms with Crippen LogP contribution in [-0.4, -0.2) is 49.1 Å². The van der Waals surface area contributed by atoms with Crippen LogP contribution in [0.15, 0.2) is 34.8 Å². The van der Waals surface area contributed by atoms with Gasteiger partial charge in [0.2, 0.25) is 0 Å². The lowest BCUT2D eigenvalue weighted by atomic mass is 10.2. The highest BCUT2D eigenvalue weighted by Crippen LogP contribution is 2.15. The molecule has 0 bridgehead atoms. The van der Waals surface area contributed by atoms with Crippen LogP contribution in [0.5, 0.6) is 5.75 Å². The number of hydrogen-bond donors (Lipinski definition) is 3. The molecule has 1 aromatic heterocycles. The number of guanidine groups is 1. The van der Waals surface area contributed by atoms with E-state index < -0.39 is 0 Å². The van der Waals surface area contributed by atoms with Crippen LogP contribution in [0.4, 0.5) is 4.39 Å². The van der Waals surface area contributed by atoms with Crippen LogP contribution in [0.1, 0.15) is 35.6 Å². The Bertz CT molecular complexity index is 818. The molecule has 0 aliphatic carbocycles. The molecule has 10 heteroatoms. The molecule has 0 radical (unpaired) electrons. The van der Waals surface area contributed by atoms with E-state index >= 15 is 0 Å². The monoisotopic (exact) mass is 549 g/mol. The molecule has 1 atom stereocenters. The summed E-state index contributed by atoms with van der Waals surface area (Å²) in [5.41, 5.74) is 2.40. The van der Waals surface area contributed by atoms with Gasteiger partial charge in [0.1, 0.15) is 22.5 Å². The van der Waals surface area contributed by atoms with Crippen LogP contribution in [0.3, 0.4) is 0 Å². The van der Waals surface area contributed by atoms with Crippen LogP contribution >= 0.6 is 35.3 Å². The zero-order valence-corrected chi connectivity index (χ0v) is 20.6. The van der Waals surface area contributed by atoms with Crippen molar-refractivity contribution in [1.29, 1.82) is 0 Å². The van der Waals surface area contributed by atoms with Crippen molar-refractivity contribution in [1.82, 2.24) is 20.9 Å². The second-order valence-corrected chi connectivity index (χ2v) is 7.13. The molecule has 0 aliphatic rings. The van der Waals surface area contributed by atoms with Gasteiger partial charge in [-0.1, -0.05) is 13.0 Å². The van der Waals surface area contributed by atoms with Crippen molar-refractivity contribution >= 4 is 47.2 Å². The summed E-state index contributed by atoms with van der Waals surface area (Å²) in [5.74, 6) is 0.679. The molecule has 1 aromatic carbocycles. The molecule has 2 aromatic rings. The summed E-state index contributed by atoms with van der Waals surface area (Å²) in [6, 6.07) is 6.10. The molecule has 0 spiro atoms. The second-order valence-electron chi connectivity index (χ2n) is 6.27. The fraction of sp³-hybridized carbons (Fsp3) is 0.450. The molecular weight excluding hydrogens is 520 g/mol. The maximum absolute atomic E-state index is 13.3. The van der Waals surface area contributed by atoms with Crippen molar-refractivity contribution in [3.63, 3.8) is 0 Å². The number of carbonyl (C=O) groups is 1. The van der Waals surface area contributed by atoms with Gasteiger partial charge in [0.25, 0.3) is 5.91 Å². The van der Waals surface area contributed by atoms with Gasteiger partial charge in [0.15, 0.2) is 5.96 Å². The largest absolute Gasteiger partial charge is 0.488 e. The molecule has 0 aliphatic heterocycles. The lowest BCUT2D eigenvalue weighted by molar-refractivity contribution is 0.0957. The number of carbonyl (C=O) groups excluding carboxylic acids is 1. The molecule has 7 nitrogen and oxygen atoms in total. The minimum atomic E-state index is -0.327. The van der Waals surface area contributed by atoms with E-state index in [-0.39, 0.29) is 41.8 Å². The van der Waals surface area contributed by atoms with E-state index in [1.807, 2.05) is 20.8 Å². The summed E-state index contributed by atoms with van der Waals surface area (Å²) in [6.07, 6.45) is 0.574. The molecule has 2 rings (SSSR count). The lowest BCUT2D eigenvalue weighted by Crippen LogP contribution is -2.42. The maximum Gasteiger partial charge on any atom is 0.263 e. The van der Waals surface area contributed by atoms with Crippen LogP contribution in [0, 0.1) is 12.7 Å². The number of hydrogen-bond acceptors (Lipinski definition) is 5. The smallest absolute Gasteiger partial charge is 0.263 e. The highest BCUT2D eigenvalue weighted by Gasteiger charge is 2.11. The van der Waals surface area contributed by atoms with Crippen LogP contribution in [0.25, 0.3) is 0 Å². The van der Waals surface area contributed by atoms with Crippen LogP contribution in [0.2, 0.25) is 0 Å². The highest BCUT2D eigenvalue weighted by molar-refractivity contribution is 14.0. The Kier molecular flexibility index (Phi) is 12.3. The number of amides is 1. The number of halogens is 2. The lowest BCUT2D eigenvalue weighted by Gasteiger charge is -2.17. The Balaban J connectivity index is 0.00000450. The minimum absolute atomic E-state index is 0. The number of aryl methyl sites for hydroxylation is 1. The molecule has 1 amide bonds. The van der Waals surface area contributed by atoms with Gasteiger partial charge in [0.05, 0.1) is 17.7 Å². The second kappa shape index (κ2) is 14.1.